The maximum Gasteiger partial charge on any atom is 0.110 e. The Hall–Kier alpha value is -2.26. The number of benzene rings is 2. The maximum atomic E-state index is 11.6. The van der Waals surface area contributed by atoms with Gasteiger partial charge in [-0.15, -0.1) is 0 Å². The summed E-state index contributed by atoms with van der Waals surface area (Å²) in [6, 6.07) is 18.6. The lowest BCUT2D eigenvalue weighted by Crippen LogP contribution is -2.53. The number of aromatic amines is 1. The highest BCUT2D eigenvalue weighted by Gasteiger charge is 2.42. The first-order chi connectivity index (χ1) is 11.2. The second kappa shape index (κ2) is 5.43. The van der Waals surface area contributed by atoms with E-state index in [0.29, 0.717) is 0 Å². The second-order valence-electron chi connectivity index (χ2n) is 6.48. The predicted molar refractivity (Wildman–Crippen MR) is 94.7 cm³/mol. The highest BCUT2D eigenvalue weighted by Crippen LogP contribution is 2.41. The summed E-state index contributed by atoms with van der Waals surface area (Å²) in [6.45, 7) is 3.12. The van der Waals surface area contributed by atoms with Crippen LogP contribution >= 0.6 is 0 Å². The Morgan fingerprint density at radius 1 is 1.09 bits per heavy atom. The number of aliphatic hydroxyl groups is 1. The number of piperidine rings is 1. The molecule has 0 bridgehead atoms. The van der Waals surface area contributed by atoms with Crippen LogP contribution < -0.4 is 4.90 Å². The SMILES string of the molecule is CC1N(c2ccccc2)CCCC1(O)c1cccc2[nH]ccc12. The Kier molecular flexibility index (Phi) is 3.38. The quantitative estimate of drug-likeness (QED) is 0.750. The van der Waals surface area contributed by atoms with Crippen molar-refractivity contribution in [3.05, 3.63) is 66.4 Å². The van der Waals surface area contributed by atoms with Crippen LogP contribution in [0.15, 0.2) is 60.8 Å². The Labute approximate surface area is 136 Å². The van der Waals surface area contributed by atoms with E-state index in [2.05, 4.69) is 59.3 Å². The van der Waals surface area contributed by atoms with Gasteiger partial charge in [-0.05, 0) is 49.6 Å². The summed E-state index contributed by atoms with van der Waals surface area (Å²) in [5.41, 5.74) is 2.46. The van der Waals surface area contributed by atoms with E-state index in [0.717, 1.165) is 35.9 Å². The Morgan fingerprint density at radius 2 is 1.91 bits per heavy atom. The van der Waals surface area contributed by atoms with Gasteiger partial charge in [0.2, 0.25) is 0 Å². The van der Waals surface area contributed by atoms with E-state index in [1.54, 1.807) is 0 Å². The van der Waals surface area contributed by atoms with Crippen LogP contribution in [0, 0.1) is 0 Å². The van der Waals surface area contributed by atoms with E-state index in [1.807, 2.05) is 18.3 Å². The molecule has 2 atom stereocenters. The molecule has 3 heteroatoms. The zero-order valence-corrected chi connectivity index (χ0v) is 13.4. The summed E-state index contributed by atoms with van der Waals surface area (Å²) >= 11 is 0. The van der Waals surface area contributed by atoms with Crippen molar-refractivity contribution >= 4 is 16.6 Å². The van der Waals surface area contributed by atoms with Gasteiger partial charge < -0.3 is 15.0 Å². The van der Waals surface area contributed by atoms with Gasteiger partial charge in [0.05, 0.1) is 6.04 Å². The first kappa shape index (κ1) is 14.3. The molecule has 2 heterocycles. The minimum absolute atomic E-state index is 0.0270. The molecule has 1 fully saturated rings. The van der Waals surface area contributed by atoms with Crippen LogP contribution in [0.5, 0.6) is 0 Å². The summed E-state index contributed by atoms with van der Waals surface area (Å²) in [5.74, 6) is 0. The molecule has 23 heavy (non-hydrogen) atoms. The van der Waals surface area contributed by atoms with Gasteiger partial charge >= 0.3 is 0 Å². The summed E-state index contributed by atoms with van der Waals surface area (Å²) < 4.78 is 0. The first-order valence-corrected chi connectivity index (χ1v) is 8.31. The zero-order chi connectivity index (χ0) is 15.9. The lowest BCUT2D eigenvalue weighted by Gasteiger charge is -2.47. The molecule has 2 unspecified atom stereocenters. The molecule has 0 aliphatic carbocycles. The third-order valence-corrected chi connectivity index (χ3v) is 5.26. The van der Waals surface area contributed by atoms with Gasteiger partial charge in [0.1, 0.15) is 5.60 Å². The van der Waals surface area contributed by atoms with Crippen molar-refractivity contribution in [2.45, 2.75) is 31.4 Å². The lowest BCUT2D eigenvalue weighted by molar-refractivity contribution is -0.00888. The minimum Gasteiger partial charge on any atom is -0.383 e. The number of nitrogens with zero attached hydrogens (tertiary/aromatic N) is 1. The van der Waals surface area contributed by atoms with Crippen molar-refractivity contribution in [3.63, 3.8) is 0 Å². The molecule has 118 valence electrons. The van der Waals surface area contributed by atoms with E-state index >= 15 is 0 Å². The molecule has 0 saturated carbocycles. The van der Waals surface area contributed by atoms with Crippen molar-refractivity contribution < 1.29 is 5.11 Å². The third-order valence-electron chi connectivity index (χ3n) is 5.26. The predicted octanol–water partition coefficient (Wildman–Crippen LogP) is 4.04. The van der Waals surface area contributed by atoms with E-state index in [4.69, 9.17) is 0 Å². The fraction of sp³-hybridized carbons (Fsp3) is 0.300. The van der Waals surface area contributed by atoms with Crippen LogP contribution in [0.4, 0.5) is 5.69 Å². The average Bonchev–Trinajstić information content (AvgIpc) is 3.07. The first-order valence-electron chi connectivity index (χ1n) is 8.31. The highest BCUT2D eigenvalue weighted by molar-refractivity contribution is 5.84. The Balaban J connectivity index is 1.79. The number of anilines is 1. The molecule has 1 aliphatic heterocycles. The Morgan fingerprint density at radius 3 is 2.74 bits per heavy atom. The fourth-order valence-corrected chi connectivity index (χ4v) is 3.97. The van der Waals surface area contributed by atoms with Crippen LogP contribution in [-0.4, -0.2) is 22.7 Å². The summed E-state index contributed by atoms with van der Waals surface area (Å²) in [7, 11) is 0. The second-order valence-corrected chi connectivity index (χ2v) is 6.48. The molecule has 0 amide bonds. The maximum absolute atomic E-state index is 11.6. The molecule has 3 nitrogen and oxygen atoms in total. The van der Waals surface area contributed by atoms with Gasteiger partial charge in [-0.2, -0.15) is 0 Å². The monoisotopic (exact) mass is 306 g/mol. The van der Waals surface area contributed by atoms with Gasteiger partial charge in [-0.3, -0.25) is 0 Å². The molecule has 1 aliphatic rings. The van der Waals surface area contributed by atoms with Gasteiger partial charge in [0.15, 0.2) is 0 Å². The molecule has 2 N–H and O–H groups in total. The van der Waals surface area contributed by atoms with Crippen LogP contribution in [0.1, 0.15) is 25.3 Å². The topological polar surface area (TPSA) is 39.3 Å². The van der Waals surface area contributed by atoms with Gasteiger partial charge in [-0.1, -0.05) is 30.3 Å². The Bertz CT molecular complexity index is 811. The number of rotatable bonds is 2. The van der Waals surface area contributed by atoms with Gasteiger partial charge in [0, 0.05) is 29.3 Å². The van der Waals surface area contributed by atoms with Crippen molar-refractivity contribution in [1.29, 1.82) is 0 Å². The molecular formula is C20H22N2O. The molecule has 3 aromatic rings. The minimum atomic E-state index is -0.838. The van der Waals surface area contributed by atoms with Crippen LogP contribution in [-0.2, 0) is 5.60 Å². The standard InChI is InChI=1S/C20H22N2O/c1-15-20(23,18-9-5-10-19-17(18)11-13-21-19)12-6-14-22(15)16-7-3-2-4-8-16/h2-5,7-11,13,15,21,23H,6,12,14H2,1H3. The lowest BCUT2D eigenvalue weighted by atomic mass is 9.78. The molecule has 0 spiro atoms. The largest absolute Gasteiger partial charge is 0.383 e. The third kappa shape index (κ3) is 2.23. The number of fused-ring (bicyclic) bond motifs is 1. The number of hydrogen-bond acceptors (Lipinski definition) is 2. The van der Waals surface area contributed by atoms with Crippen molar-refractivity contribution in [3.8, 4) is 0 Å². The molecule has 1 aromatic heterocycles. The van der Waals surface area contributed by atoms with E-state index in [9.17, 15) is 5.11 Å². The van der Waals surface area contributed by atoms with Gasteiger partial charge in [-0.25, -0.2) is 0 Å². The number of para-hydroxylation sites is 1. The molecule has 1 saturated heterocycles. The normalized spacial score (nSPS) is 25.0. The van der Waals surface area contributed by atoms with Crippen molar-refractivity contribution in [2.24, 2.45) is 0 Å². The van der Waals surface area contributed by atoms with Crippen LogP contribution in [0.25, 0.3) is 10.9 Å². The molecule has 4 rings (SSSR count). The number of aromatic nitrogens is 1. The van der Waals surface area contributed by atoms with Crippen molar-refractivity contribution in [1.82, 2.24) is 4.98 Å². The molecule has 0 radical (unpaired) electrons. The zero-order valence-electron chi connectivity index (χ0n) is 13.4. The highest BCUT2D eigenvalue weighted by atomic mass is 16.3. The number of hydrogen-bond donors (Lipinski definition) is 2. The smallest absolute Gasteiger partial charge is 0.110 e. The van der Waals surface area contributed by atoms with Crippen LogP contribution in [0.2, 0.25) is 0 Å². The summed E-state index contributed by atoms with van der Waals surface area (Å²) in [4.78, 5) is 5.58. The average molecular weight is 306 g/mol. The molecule has 2 aromatic carbocycles. The van der Waals surface area contributed by atoms with E-state index in [-0.39, 0.29) is 6.04 Å². The van der Waals surface area contributed by atoms with Crippen molar-refractivity contribution in [2.75, 3.05) is 11.4 Å². The molecular weight excluding hydrogens is 284 g/mol. The van der Waals surface area contributed by atoms with Gasteiger partial charge in [0.25, 0.3) is 0 Å². The van der Waals surface area contributed by atoms with E-state index < -0.39 is 5.60 Å². The summed E-state index contributed by atoms with van der Waals surface area (Å²) in [6.07, 6.45) is 3.72. The number of nitrogens with one attached hydrogen (secondary N) is 1. The van der Waals surface area contributed by atoms with E-state index in [1.165, 1.54) is 5.69 Å². The fourth-order valence-electron chi connectivity index (χ4n) is 3.97. The summed E-state index contributed by atoms with van der Waals surface area (Å²) in [5, 5.41) is 12.7. The number of H-pyrrole nitrogens is 1. The van der Waals surface area contributed by atoms with Crippen LogP contribution in [0.3, 0.4) is 0 Å².